The number of hydrogen-bond acceptors (Lipinski definition) is 4. The molecule has 0 heterocycles. The van der Waals surface area contributed by atoms with Crippen molar-refractivity contribution in [3.63, 3.8) is 0 Å². The lowest BCUT2D eigenvalue weighted by Gasteiger charge is -2.21. The molecule has 170 valence electrons. The molecule has 0 aliphatic heterocycles. The van der Waals surface area contributed by atoms with Gasteiger partial charge in [0.25, 0.3) is 0 Å². The smallest absolute Gasteiger partial charge is 0.407 e. The molecule has 31 heavy (non-hydrogen) atoms. The summed E-state index contributed by atoms with van der Waals surface area (Å²) in [5.41, 5.74) is 1.79. The number of hydrogen-bond donors (Lipinski definition) is 1. The lowest BCUT2D eigenvalue weighted by atomic mass is 10.1. The van der Waals surface area contributed by atoms with Gasteiger partial charge in [-0.2, -0.15) is 0 Å². The normalized spacial score (nSPS) is 20.7. The Morgan fingerprint density at radius 3 is 2.10 bits per heavy atom. The maximum atomic E-state index is 12.2. The molecule has 1 saturated carbocycles. The molecule has 2 aromatic carbocycles. The number of alkyl carbamates (subject to hydrolysis) is 1. The zero-order valence-electron chi connectivity index (χ0n) is 18.2. The van der Waals surface area contributed by atoms with E-state index in [2.05, 4.69) is 29.6 Å². The monoisotopic (exact) mass is 427 g/mol. The minimum absolute atomic E-state index is 0. The molecule has 1 aliphatic rings. The number of rotatable bonds is 8. The minimum Gasteiger partial charge on any atom is -0.444 e. The first-order valence-corrected chi connectivity index (χ1v) is 10.7. The van der Waals surface area contributed by atoms with Crippen molar-refractivity contribution in [1.29, 1.82) is 0 Å². The average Bonchev–Trinajstić information content (AvgIpc) is 3.08. The molecule has 1 aliphatic carbocycles. The van der Waals surface area contributed by atoms with Crippen LogP contribution in [0.1, 0.15) is 52.2 Å². The van der Waals surface area contributed by atoms with Crippen LogP contribution in [0.15, 0.2) is 60.7 Å². The lowest BCUT2D eigenvalue weighted by Crippen LogP contribution is -2.38. The second-order valence-electron chi connectivity index (χ2n) is 8.91. The van der Waals surface area contributed by atoms with Gasteiger partial charge >= 0.3 is 6.09 Å². The van der Waals surface area contributed by atoms with E-state index in [0.29, 0.717) is 19.8 Å². The SMILES string of the molecule is C.CC(C)(C)OC(=O)N[C@@H]1C[C@H](COCc2ccccc2)[C@H](OCc2ccccc2)C1. The van der Waals surface area contributed by atoms with Crippen LogP contribution in [0.25, 0.3) is 0 Å². The van der Waals surface area contributed by atoms with E-state index in [0.717, 1.165) is 24.0 Å². The van der Waals surface area contributed by atoms with E-state index in [-0.39, 0.29) is 31.6 Å². The Labute approximate surface area is 187 Å². The molecule has 0 saturated heterocycles. The predicted molar refractivity (Wildman–Crippen MR) is 124 cm³/mol. The number of ether oxygens (including phenoxy) is 3. The number of benzene rings is 2. The summed E-state index contributed by atoms with van der Waals surface area (Å²) in [6.45, 7) is 7.33. The van der Waals surface area contributed by atoms with Gasteiger partial charge in [0.2, 0.25) is 0 Å². The van der Waals surface area contributed by atoms with Crippen molar-refractivity contribution in [2.45, 2.75) is 72.0 Å². The van der Waals surface area contributed by atoms with Gasteiger partial charge in [0.05, 0.1) is 25.9 Å². The molecule has 0 aromatic heterocycles. The van der Waals surface area contributed by atoms with E-state index in [9.17, 15) is 4.79 Å². The summed E-state index contributed by atoms with van der Waals surface area (Å²) in [5.74, 6) is 0.220. The maximum Gasteiger partial charge on any atom is 0.407 e. The third kappa shape index (κ3) is 8.72. The summed E-state index contributed by atoms with van der Waals surface area (Å²) in [5, 5.41) is 3.00. The molecule has 3 rings (SSSR count). The second kappa shape index (κ2) is 11.9. The molecule has 0 radical (unpaired) electrons. The maximum absolute atomic E-state index is 12.2. The molecule has 2 aromatic rings. The van der Waals surface area contributed by atoms with Crippen LogP contribution in [0.2, 0.25) is 0 Å². The molecule has 1 fully saturated rings. The fourth-order valence-corrected chi connectivity index (χ4v) is 3.74. The van der Waals surface area contributed by atoms with Gasteiger partial charge in [-0.3, -0.25) is 0 Å². The molecule has 3 atom stereocenters. The van der Waals surface area contributed by atoms with Gasteiger partial charge in [-0.05, 0) is 44.7 Å². The van der Waals surface area contributed by atoms with Gasteiger partial charge in [0, 0.05) is 12.0 Å². The van der Waals surface area contributed by atoms with Crippen LogP contribution in [0.4, 0.5) is 4.79 Å². The van der Waals surface area contributed by atoms with Gasteiger partial charge in [-0.15, -0.1) is 0 Å². The Morgan fingerprint density at radius 1 is 0.935 bits per heavy atom. The van der Waals surface area contributed by atoms with Crippen LogP contribution in [-0.4, -0.2) is 30.4 Å². The Bertz CT molecular complexity index is 773. The standard InChI is InChI=1S/C25H33NO4.CH4/c1-25(2,3)30-24(27)26-22-14-21(18-28-16-19-10-6-4-7-11-19)23(15-22)29-17-20-12-8-5-9-13-20;/h4-13,21-23H,14-18H2,1-3H3,(H,26,27);1H4/t21-,22-,23-;/m1./s1. The Morgan fingerprint density at radius 2 is 1.52 bits per heavy atom. The van der Waals surface area contributed by atoms with Crippen molar-refractivity contribution in [3.8, 4) is 0 Å². The van der Waals surface area contributed by atoms with Crippen LogP contribution in [0, 0.1) is 5.92 Å². The van der Waals surface area contributed by atoms with Gasteiger partial charge in [0.15, 0.2) is 0 Å². The summed E-state index contributed by atoms with van der Waals surface area (Å²) in [4.78, 5) is 12.2. The van der Waals surface area contributed by atoms with Crippen molar-refractivity contribution in [3.05, 3.63) is 71.8 Å². The van der Waals surface area contributed by atoms with Crippen LogP contribution in [0.5, 0.6) is 0 Å². The quantitative estimate of drug-likeness (QED) is 0.585. The predicted octanol–water partition coefficient (Wildman–Crippen LogP) is 5.73. The van der Waals surface area contributed by atoms with E-state index >= 15 is 0 Å². The van der Waals surface area contributed by atoms with Crippen molar-refractivity contribution >= 4 is 6.09 Å². The largest absolute Gasteiger partial charge is 0.444 e. The van der Waals surface area contributed by atoms with Crippen LogP contribution < -0.4 is 5.32 Å². The van der Waals surface area contributed by atoms with E-state index in [4.69, 9.17) is 14.2 Å². The van der Waals surface area contributed by atoms with Gasteiger partial charge in [-0.25, -0.2) is 4.79 Å². The van der Waals surface area contributed by atoms with Crippen LogP contribution in [-0.2, 0) is 27.4 Å². The zero-order chi connectivity index (χ0) is 21.4. The van der Waals surface area contributed by atoms with E-state index in [1.165, 1.54) is 0 Å². The number of carbonyl (C=O) groups is 1. The molecule has 1 N–H and O–H groups in total. The highest BCUT2D eigenvalue weighted by atomic mass is 16.6. The zero-order valence-corrected chi connectivity index (χ0v) is 18.2. The van der Waals surface area contributed by atoms with Crippen LogP contribution in [0.3, 0.4) is 0 Å². The molecule has 0 bridgehead atoms. The van der Waals surface area contributed by atoms with Crippen molar-refractivity contribution in [1.82, 2.24) is 5.32 Å². The van der Waals surface area contributed by atoms with Crippen molar-refractivity contribution in [2.24, 2.45) is 5.92 Å². The molecule has 1 amide bonds. The molecule has 5 heteroatoms. The second-order valence-corrected chi connectivity index (χ2v) is 8.91. The summed E-state index contributed by atoms with van der Waals surface area (Å²) in [6, 6.07) is 20.3. The third-order valence-electron chi connectivity index (χ3n) is 5.10. The molecular formula is C26H37NO4. The Balaban J connectivity index is 0.00000341. The Kier molecular flexibility index (Phi) is 9.53. The fraction of sp³-hybridized carbons (Fsp3) is 0.500. The highest BCUT2D eigenvalue weighted by Gasteiger charge is 2.36. The first-order chi connectivity index (χ1) is 14.4. The average molecular weight is 428 g/mol. The summed E-state index contributed by atoms with van der Waals surface area (Å²) < 4.78 is 17.7. The number of nitrogens with one attached hydrogen (secondary N) is 1. The van der Waals surface area contributed by atoms with Crippen molar-refractivity contribution in [2.75, 3.05) is 6.61 Å². The van der Waals surface area contributed by atoms with E-state index < -0.39 is 5.60 Å². The van der Waals surface area contributed by atoms with Gasteiger partial charge in [0.1, 0.15) is 5.60 Å². The van der Waals surface area contributed by atoms with Crippen molar-refractivity contribution < 1.29 is 19.0 Å². The summed E-state index contributed by atoms with van der Waals surface area (Å²) in [7, 11) is 0. The van der Waals surface area contributed by atoms with E-state index in [1.54, 1.807) is 0 Å². The molecule has 5 nitrogen and oxygen atoms in total. The highest BCUT2D eigenvalue weighted by molar-refractivity contribution is 5.68. The third-order valence-corrected chi connectivity index (χ3v) is 5.10. The fourth-order valence-electron chi connectivity index (χ4n) is 3.74. The summed E-state index contributed by atoms with van der Waals surface area (Å²) >= 11 is 0. The first kappa shape index (κ1) is 24.9. The summed E-state index contributed by atoms with van der Waals surface area (Å²) in [6.07, 6.45) is 1.22. The Hall–Kier alpha value is -2.37. The topological polar surface area (TPSA) is 56.8 Å². The molecule has 0 unspecified atom stereocenters. The molecular weight excluding hydrogens is 390 g/mol. The van der Waals surface area contributed by atoms with E-state index in [1.807, 2.05) is 57.2 Å². The highest BCUT2D eigenvalue weighted by Crippen LogP contribution is 2.30. The number of carbonyl (C=O) groups excluding carboxylic acids is 1. The van der Waals surface area contributed by atoms with Crippen LogP contribution >= 0.6 is 0 Å². The lowest BCUT2D eigenvalue weighted by molar-refractivity contribution is -0.0189. The first-order valence-electron chi connectivity index (χ1n) is 10.7. The van der Waals surface area contributed by atoms with Gasteiger partial charge < -0.3 is 19.5 Å². The molecule has 0 spiro atoms. The van der Waals surface area contributed by atoms with Gasteiger partial charge in [-0.1, -0.05) is 68.1 Å². The minimum atomic E-state index is -0.510. The number of amides is 1.